The van der Waals surface area contributed by atoms with Gasteiger partial charge in [-0.3, -0.25) is 19.6 Å². The predicted octanol–water partition coefficient (Wildman–Crippen LogP) is 4.45. The zero-order valence-corrected chi connectivity index (χ0v) is 23.0. The number of amides is 2. The lowest BCUT2D eigenvalue weighted by molar-refractivity contribution is -0.137. The fourth-order valence-corrected chi connectivity index (χ4v) is 5.62. The van der Waals surface area contributed by atoms with Crippen molar-refractivity contribution in [1.82, 2.24) is 19.8 Å². The number of carbonyl (C=O) groups excluding carboxylic acids is 2. The van der Waals surface area contributed by atoms with Gasteiger partial charge in [-0.05, 0) is 62.6 Å². The van der Waals surface area contributed by atoms with Crippen LogP contribution in [0.25, 0.3) is 11.0 Å². The number of hydrogen-bond donors (Lipinski definition) is 1. The van der Waals surface area contributed by atoms with Crippen LogP contribution >= 0.6 is 0 Å². The Hall–Kier alpha value is -3.93. The second-order valence-electron chi connectivity index (χ2n) is 10.9. The fraction of sp³-hybridized carbons (Fsp3) is 0.448. The molecule has 0 saturated carbocycles. The number of hydrogen-bond acceptors (Lipinski definition) is 7. The molecule has 12 heteroatoms. The third-order valence-corrected chi connectivity index (χ3v) is 7.76. The molecule has 1 aromatic heterocycles. The molecule has 2 aromatic carbocycles. The molecule has 0 spiro atoms. The van der Waals surface area contributed by atoms with E-state index in [9.17, 15) is 22.8 Å². The minimum atomic E-state index is -4.44. The minimum Gasteiger partial charge on any atom is -0.446 e. The standard InChI is InChI=1S/C29H33F3N6O3/c1-18-15-37(26-14-34-25-13-22(29(30,31)32)7-8-24(25)35-26)16-19(2)38(18)28(40)41-23-9-11-36(12-10-23)17-20-3-5-21(6-4-20)27(33)39/h3-8,13-14,18-19,23H,9-12,15-17H2,1-2H3,(H2,33,39)/t18-,19+. The molecule has 2 atom stereocenters. The lowest BCUT2D eigenvalue weighted by Crippen LogP contribution is -2.59. The molecule has 9 nitrogen and oxygen atoms in total. The van der Waals surface area contributed by atoms with Crippen molar-refractivity contribution in [2.24, 2.45) is 5.73 Å². The molecule has 41 heavy (non-hydrogen) atoms. The van der Waals surface area contributed by atoms with E-state index >= 15 is 0 Å². The fourth-order valence-electron chi connectivity index (χ4n) is 5.62. The number of likely N-dealkylation sites (tertiary alicyclic amines) is 1. The van der Waals surface area contributed by atoms with Crippen LogP contribution in [-0.4, -0.2) is 76.1 Å². The predicted molar refractivity (Wildman–Crippen MR) is 147 cm³/mol. The Morgan fingerprint density at radius 1 is 1.00 bits per heavy atom. The normalized spacial score (nSPS) is 20.8. The zero-order valence-electron chi connectivity index (χ0n) is 23.0. The van der Waals surface area contributed by atoms with E-state index < -0.39 is 17.6 Å². The second-order valence-corrected chi connectivity index (χ2v) is 10.9. The summed E-state index contributed by atoms with van der Waals surface area (Å²) in [6.07, 6.45) is -2.00. The highest BCUT2D eigenvalue weighted by Crippen LogP contribution is 2.31. The summed E-state index contributed by atoms with van der Waals surface area (Å²) in [7, 11) is 0. The maximum absolute atomic E-state index is 13.2. The molecule has 0 unspecified atom stereocenters. The van der Waals surface area contributed by atoms with Crippen LogP contribution in [0.1, 0.15) is 48.2 Å². The van der Waals surface area contributed by atoms with Crippen molar-refractivity contribution in [3.63, 3.8) is 0 Å². The number of rotatable bonds is 5. The van der Waals surface area contributed by atoms with E-state index in [1.165, 1.54) is 12.3 Å². The summed E-state index contributed by atoms with van der Waals surface area (Å²) in [6.45, 7) is 7.20. The number of fused-ring (bicyclic) bond motifs is 1. The smallest absolute Gasteiger partial charge is 0.416 e. The van der Waals surface area contributed by atoms with Crippen LogP contribution in [0, 0.1) is 0 Å². The third-order valence-electron chi connectivity index (χ3n) is 7.76. The van der Waals surface area contributed by atoms with Crippen LogP contribution < -0.4 is 10.6 Å². The Morgan fingerprint density at radius 3 is 2.27 bits per heavy atom. The Balaban J connectivity index is 1.14. The molecule has 0 bridgehead atoms. The Labute approximate surface area is 236 Å². The largest absolute Gasteiger partial charge is 0.446 e. The number of piperidine rings is 1. The number of benzene rings is 2. The molecule has 0 radical (unpaired) electrons. The zero-order chi connectivity index (χ0) is 29.3. The molecule has 2 amide bonds. The summed E-state index contributed by atoms with van der Waals surface area (Å²) in [5.74, 6) is 0.109. The van der Waals surface area contributed by atoms with Gasteiger partial charge in [0.2, 0.25) is 5.91 Å². The van der Waals surface area contributed by atoms with Gasteiger partial charge in [0, 0.05) is 38.3 Å². The first-order chi connectivity index (χ1) is 19.5. The number of ether oxygens (including phenoxy) is 1. The monoisotopic (exact) mass is 570 g/mol. The van der Waals surface area contributed by atoms with Gasteiger partial charge in [-0.25, -0.2) is 9.78 Å². The van der Waals surface area contributed by atoms with Gasteiger partial charge in [0.15, 0.2) is 0 Å². The second kappa shape index (κ2) is 11.5. The van der Waals surface area contributed by atoms with Crippen molar-refractivity contribution >= 4 is 28.9 Å². The molecule has 0 aliphatic carbocycles. The van der Waals surface area contributed by atoms with E-state index in [-0.39, 0.29) is 29.8 Å². The Morgan fingerprint density at radius 2 is 1.66 bits per heavy atom. The van der Waals surface area contributed by atoms with Gasteiger partial charge < -0.3 is 15.4 Å². The summed E-state index contributed by atoms with van der Waals surface area (Å²) in [5, 5.41) is 0. The van der Waals surface area contributed by atoms with Crippen molar-refractivity contribution < 1.29 is 27.5 Å². The molecule has 2 N–H and O–H groups in total. The van der Waals surface area contributed by atoms with Gasteiger partial charge in [0.05, 0.1) is 34.9 Å². The van der Waals surface area contributed by atoms with E-state index in [1.54, 1.807) is 17.0 Å². The highest BCUT2D eigenvalue weighted by Gasteiger charge is 2.36. The van der Waals surface area contributed by atoms with Crippen molar-refractivity contribution in [2.75, 3.05) is 31.1 Å². The highest BCUT2D eigenvalue weighted by atomic mass is 19.4. The molecule has 2 aliphatic heterocycles. The van der Waals surface area contributed by atoms with Gasteiger partial charge in [-0.1, -0.05) is 12.1 Å². The minimum absolute atomic E-state index is 0.165. The molecular weight excluding hydrogens is 537 g/mol. The number of carbonyl (C=O) groups is 2. The number of nitrogens with two attached hydrogens (primary N) is 1. The lowest BCUT2D eigenvalue weighted by Gasteiger charge is -2.44. The number of nitrogens with zero attached hydrogens (tertiary/aromatic N) is 5. The highest BCUT2D eigenvalue weighted by molar-refractivity contribution is 5.92. The van der Waals surface area contributed by atoms with Crippen molar-refractivity contribution in [1.29, 1.82) is 0 Å². The van der Waals surface area contributed by atoms with Crippen molar-refractivity contribution in [3.05, 3.63) is 65.4 Å². The van der Waals surface area contributed by atoms with E-state index in [2.05, 4.69) is 14.9 Å². The van der Waals surface area contributed by atoms with Gasteiger partial charge >= 0.3 is 12.3 Å². The summed E-state index contributed by atoms with van der Waals surface area (Å²) < 4.78 is 45.0. The van der Waals surface area contributed by atoms with Crippen molar-refractivity contribution in [3.8, 4) is 0 Å². The lowest BCUT2D eigenvalue weighted by atomic mass is 10.1. The number of primary amides is 1. The molecular formula is C29H33F3N6O3. The van der Waals surface area contributed by atoms with E-state index in [4.69, 9.17) is 10.5 Å². The van der Waals surface area contributed by atoms with Gasteiger partial charge in [-0.15, -0.1) is 0 Å². The van der Waals surface area contributed by atoms with Crippen LogP contribution in [0.5, 0.6) is 0 Å². The number of anilines is 1. The van der Waals surface area contributed by atoms with Gasteiger partial charge in [0.25, 0.3) is 0 Å². The molecule has 218 valence electrons. The molecule has 2 fully saturated rings. The number of piperazine rings is 1. The summed E-state index contributed by atoms with van der Waals surface area (Å²) in [5.41, 5.74) is 6.68. The summed E-state index contributed by atoms with van der Waals surface area (Å²) in [6, 6.07) is 10.3. The number of alkyl halides is 3. The molecule has 2 aliphatic rings. The molecule has 5 rings (SSSR count). The van der Waals surface area contributed by atoms with Crippen LogP contribution in [0.15, 0.2) is 48.7 Å². The Kier molecular flexibility index (Phi) is 8.03. The van der Waals surface area contributed by atoms with Gasteiger partial charge in [-0.2, -0.15) is 13.2 Å². The first-order valence-electron chi connectivity index (χ1n) is 13.7. The molecule has 2 saturated heterocycles. The first-order valence-corrected chi connectivity index (χ1v) is 13.7. The number of halogens is 3. The average Bonchev–Trinajstić information content (AvgIpc) is 2.93. The van der Waals surface area contributed by atoms with Crippen LogP contribution in [0.2, 0.25) is 0 Å². The van der Waals surface area contributed by atoms with Crippen LogP contribution in [-0.2, 0) is 17.5 Å². The van der Waals surface area contributed by atoms with Crippen molar-refractivity contribution in [2.45, 2.75) is 57.6 Å². The Bertz CT molecular complexity index is 1400. The van der Waals surface area contributed by atoms with E-state index in [0.29, 0.717) is 30.0 Å². The maximum Gasteiger partial charge on any atom is 0.416 e. The first kappa shape index (κ1) is 28.6. The van der Waals surface area contributed by atoms with Crippen LogP contribution in [0.3, 0.4) is 0 Å². The van der Waals surface area contributed by atoms with E-state index in [1.807, 2.05) is 30.9 Å². The molecule has 3 heterocycles. The summed E-state index contributed by atoms with van der Waals surface area (Å²) >= 11 is 0. The number of aromatic nitrogens is 2. The topological polar surface area (TPSA) is 105 Å². The quantitative estimate of drug-likeness (QED) is 0.483. The van der Waals surface area contributed by atoms with Gasteiger partial charge in [0.1, 0.15) is 11.9 Å². The van der Waals surface area contributed by atoms with Crippen LogP contribution in [0.4, 0.5) is 23.8 Å². The third kappa shape index (κ3) is 6.53. The van der Waals surface area contributed by atoms with E-state index in [0.717, 1.165) is 50.2 Å². The summed E-state index contributed by atoms with van der Waals surface area (Å²) in [4.78, 5) is 39.3. The SMILES string of the molecule is C[C@@H]1CN(c2cnc3cc(C(F)(F)F)ccc3n2)C[C@H](C)N1C(=O)OC1CCN(Cc2ccc(C(N)=O)cc2)CC1. The average molecular weight is 571 g/mol. The molecule has 3 aromatic rings. The maximum atomic E-state index is 13.2.